The highest BCUT2D eigenvalue weighted by Gasteiger charge is 2.39. The van der Waals surface area contributed by atoms with Crippen LogP contribution < -0.4 is 5.32 Å². The number of aromatic nitrogens is 1. The average Bonchev–Trinajstić information content (AvgIpc) is 3.34. The van der Waals surface area contributed by atoms with Gasteiger partial charge in [-0.15, -0.1) is 11.3 Å². The lowest BCUT2D eigenvalue weighted by atomic mass is 10.0. The van der Waals surface area contributed by atoms with E-state index in [1.807, 2.05) is 18.2 Å². The number of benzene rings is 1. The summed E-state index contributed by atoms with van der Waals surface area (Å²) >= 11 is 5.30. The molecule has 0 spiro atoms. The fourth-order valence-corrected chi connectivity index (χ4v) is 5.52. The maximum Gasteiger partial charge on any atom is 0.255 e. The second-order valence-corrected chi connectivity index (χ2v) is 9.57. The van der Waals surface area contributed by atoms with Crippen LogP contribution >= 0.6 is 27.3 Å². The van der Waals surface area contributed by atoms with E-state index in [-0.39, 0.29) is 24.1 Å². The van der Waals surface area contributed by atoms with Gasteiger partial charge in [0.15, 0.2) is 0 Å². The highest BCUT2D eigenvalue weighted by molar-refractivity contribution is 9.11. The first-order valence-corrected chi connectivity index (χ1v) is 10.6. The molecule has 138 valence electrons. The fourth-order valence-electron chi connectivity index (χ4n) is 3.72. The molecule has 1 aromatic heterocycles. The molecule has 1 saturated heterocycles. The molecule has 1 aliphatic carbocycles. The first kappa shape index (κ1) is 17.1. The number of hydrogen-bond acceptors (Lipinski definition) is 5. The molecular formula is C19H16BrN3O3S. The maximum absolute atomic E-state index is 12.8. The number of carbonyl (C=O) groups excluding carboxylic acids is 3. The smallest absolute Gasteiger partial charge is 0.255 e. The van der Waals surface area contributed by atoms with Crippen LogP contribution in [0.25, 0.3) is 11.3 Å². The molecule has 1 atom stereocenters. The van der Waals surface area contributed by atoms with Crippen LogP contribution in [0.4, 0.5) is 0 Å². The monoisotopic (exact) mass is 445 g/mol. The summed E-state index contributed by atoms with van der Waals surface area (Å²) in [6.45, 7) is 0.380. The van der Waals surface area contributed by atoms with E-state index >= 15 is 0 Å². The summed E-state index contributed by atoms with van der Waals surface area (Å²) < 4.78 is 1.01. The van der Waals surface area contributed by atoms with Gasteiger partial charge in [0.05, 0.1) is 14.5 Å². The number of piperidine rings is 1. The van der Waals surface area contributed by atoms with Crippen LogP contribution in [0, 0.1) is 0 Å². The number of thiazole rings is 1. The number of fused-ring (bicyclic) bond motifs is 1. The molecule has 1 aromatic carbocycles. The Morgan fingerprint density at radius 2 is 2.00 bits per heavy atom. The maximum atomic E-state index is 12.8. The minimum absolute atomic E-state index is 0.151. The lowest BCUT2D eigenvalue weighted by Crippen LogP contribution is -2.52. The van der Waals surface area contributed by atoms with Gasteiger partial charge in [-0.25, -0.2) is 4.98 Å². The number of halogens is 1. The summed E-state index contributed by atoms with van der Waals surface area (Å²) in [7, 11) is 0. The Morgan fingerprint density at radius 1 is 1.19 bits per heavy atom. The Hall–Kier alpha value is -2.06. The Morgan fingerprint density at radius 3 is 2.74 bits per heavy atom. The van der Waals surface area contributed by atoms with Crippen molar-refractivity contribution in [3.63, 3.8) is 0 Å². The topological polar surface area (TPSA) is 79.4 Å². The van der Waals surface area contributed by atoms with Crippen molar-refractivity contribution >= 4 is 45.0 Å². The van der Waals surface area contributed by atoms with Crippen LogP contribution in [0.3, 0.4) is 0 Å². The van der Waals surface area contributed by atoms with E-state index in [0.717, 1.165) is 20.6 Å². The van der Waals surface area contributed by atoms with Gasteiger partial charge in [-0.1, -0.05) is 6.07 Å². The van der Waals surface area contributed by atoms with E-state index < -0.39 is 6.04 Å². The normalized spacial score (nSPS) is 22.2. The van der Waals surface area contributed by atoms with Crippen molar-refractivity contribution in [1.82, 2.24) is 15.2 Å². The van der Waals surface area contributed by atoms with Gasteiger partial charge in [0, 0.05) is 30.0 Å². The van der Waals surface area contributed by atoms with Crippen LogP contribution in [0.5, 0.6) is 0 Å². The van der Waals surface area contributed by atoms with Crippen molar-refractivity contribution in [2.24, 2.45) is 0 Å². The standard InChI is InChI=1S/C19H16BrN3O3S/c20-16-15(22-18(27-16)9-1-2-9)10-3-4-12-11(7-10)8-23(19(12)26)13-5-6-14(24)21-17(13)25/h3-4,7,9,13H,1-2,5-6,8H2,(H,21,24,25). The van der Waals surface area contributed by atoms with Crippen molar-refractivity contribution in [3.8, 4) is 11.3 Å². The molecule has 2 aliphatic heterocycles. The second kappa shape index (κ2) is 6.24. The second-order valence-electron chi connectivity index (χ2n) is 7.22. The number of carbonyl (C=O) groups is 3. The zero-order chi connectivity index (χ0) is 18.7. The first-order chi connectivity index (χ1) is 13.0. The molecule has 6 nitrogen and oxygen atoms in total. The average molecular weight is 446 g/mol. The van der Waals surface area contributed by atoms with Crippen LogP contribution in [-0.4, -0.2) is 33.6 Å². The third-order valence-electron chi connectivity index (χ3n) is 5.33. The Bertz CT molecular complexity index is 998. The van der Waals surface area contributed by atoms with Crippen molar-refractivity contribution in [2.45, 2.75) is 44.2 Å². The largest absolute Gasteiger partial charge is 0.322 e. The van der Waals surface area contributed by atoms with Gasteiger partial charge in [-0.3, -0.25) is 19.7 Å². The van der Waals surface area contributed by atoms with Crippen LogP contribution in [-0.2, 0) is 16.1 Å². The van der Waals surface area contributed by atoms with E-state index in [0.29, 0.717) is 24.4 Å². The number of hydrogen-bond donors (Lipinski definition) is 1. The molecule has 3 amide bonds. The van der Waals surface area contributed by atoms with Gasteiger partial charge in [-0.05, 0) is 52.9 Å². The predicted octanol–water partition coefficient (Wildman–Crippen LogP) is 3.21. The molecule has 0 bridgehead atoms. The van der Waals surface area contributed by atoms with E-state index in [1.165, 1.54) is 17.8 Å². The molecule has 3 aliphatic rings. The minimum atomic E-state index is -0.585. The van der Waals surface area contributed by atoms with Gasteiger partial charge in [0.1, 0.15) is 6.04 Å². The quantitative estimate of drug-likeness (QED) is 0.735. The molecule has 1 unspecified atom stereocenters. The summed E-state index contributed by atoms with van der Waals surface area (Å²) in [5, 5.41) is 3.50. The molecule has 3 heterocycles. The van der Waals surface area contributed by atoms with Crippen molar-refractivity contribution in [1.29, 1.82) is 0 Å². The molecule has 2 fully saturated rings. The van der Waals surface area contributed by atoms with Crippen LogP contribution in [0.15, 0.2) is 22.0 Å². The van der Waals surface area contributed by atoms with E-state index in [4.69, 9.17) is 4.98 Å². The summed E-state index contributed by atoms with van der Waals surface area (Å²) in [6.07, 6.45) is 3.05. The van der Waals surface area contributed by atoms with Crippen molar-refractivity contribution in [2.75, 3.05) is 0 Å². The highest BCUT2D eigenvalue weighted by Crippen LogP contribution is 2.46. The molecule has 5 rings (SSSR count). The van der Waals surface area contributed by atoms with E-state index in [1.54, 1.807) is 16.2 Å². The summed E-state index contributed by atoms with van der Waals surface area (Å²) in [4.78, 5) is 42.7. The molecule has 27 heavy (non-hydrogen) atoms. The zero-order valence-corrected chi connectivity index (χ0v) is 16.7. The highest BCUT2D eigenvalue weighted by atomic mass is 79.9. The third kappa shape index (κ3) is 2.91. The van der Waals surface area contributed by atoms with E-state index in [2.05, 4.69) is 21.2 Å². The predicted molar refractivity (Wildman–Crippen MR) is 103 cm³/mol. The Labute approximate surface area is 168 Å². The molecule has 2 aromatic rings. The molecular weight excluding hydrogens is 430 g/mol. The zero-order valence-electron chi connectivity index (χ0n) is 14.3. The number of nitrogens with zero attached hydrogens (tertiary/aromatic N) is 2. The van der Waals surface area contributed by atoms with Crippen LogP contribution in [0.1, 0.15) is 52.5 Å². The lowest BCUT2D eigenvalue weighted by molar-refractivity contribution is -0.136. The summed E-state index contributed by atoms with van der Waals surface area (Å²) in [5.41, 5.74) is 3.41. The van der Waals surface area contributed by atoms with Gasteiger partial charge in [0.25, 0.3) is 5.91 Å². The third-order valence-corrected chi connectivity index (χ3v) is 7.19. The number of nitrogens with one attached hydrogen (secondary N) is 1. The number of rotatable bonds is 3. The first-order valence-electron chi connectivity index (χ1n) is 8.95. The fraction of sp³-hybridized carbons (Fsp3) is 0.368. The lowest BCUT2D eigenvalue weighted by Gasteiger charge is -2.29. The van der Waals surface area contributed by atoms with Gasteiger partial charge in [-0.2, -0.15) is 0 Å². The summed E-state index contributed by atoms with van der Waals surface area (Å²) in [6, 6.07) is 5.15. The van der Waals surface area contributed by atoms with E-state index in [9.17, 15) is 14.4 Å². The summed E-state index contributed by atoms with van der Waals surface area (Å²) in [5.74, 6) is -0.215. The SMILES string of the molecule is O=C1CCC(N2Cc3cc(-c4nc(C5CC5)sc4Br)ccc3C2=O)C(=O)N1. The van der Waals surface area contributed by atoms with Crippen molar-refractivity contribution in [3.05, 3.63) is 38.1 Å². The minimum Gasteiger partial charge on any atom is -0.322 e. The van der Waals surface area contributed by atoms with Gasteiger partial charge < -0.3 is 4.90 Å². The Kier molecular flexibility index (Phi) is 3.94. The number of amides is 3. The van der Waals surface area contributed by atoms with Gasteiger partial charge >= 0.3 is 0 Å². The molecule has 1 saturated carbocycles. The Balaban J connectivity index is 1.44. The molecule has 1 N–H and O–H groups in total. The van der Waals surface area contributed by atoms with Gasteiger partial charge in [0.2, 0.25) is 11.8 Å². The number of imide groups is 1. The van der Waals surface area contributed by atoms with Crippen molar-refractivity contribution < 1.29 is 14.4 Å². The molecule has 8 heteroatoms. The molecule has 0 radical (unpaired) electrons. The van der Waals surface area contributed by atoms with Crippen LogP contribution in [0.2, 0.25) is 0 Å².